The molecule has 1 heterocycles. The third-order valence-electron chi connectivity index (χ3n) is 3.16. The minimum Gasteiger partial charge on any atom is -0.487 e. The summed E-state index contributed by atoms with van der Waals surface area (Å²) in [5, 5.41) is 5.86. The van der Waals surface area contributed by atoms with Gasteiger partial charge in [-0.15, -0.1) is 36.2 Å². The van der Waals surface area contributed by atoms with E-state index < -0.39 is 0 Å². The number of hydrogen-bond donors (Lipinski definition) is 2. The molecule has 3 N–H and O–H groups in total. The molecule has 1 amide bonds. The van der Waals surface area contributed by atoms with Gasteiger partial charge in [-0.1, -0.05) is 13.0 Å². The number of ether oxygens (including phenoxy) is 1. The number of aryl methyl sites for hydroxylation is 1. The van der Waals surface area contributed by atoms with Gasteiger partial charge in [-0.05, 0) is 37.6 Å². The van der Waals surface area contributed by atoms with Crippen LogP contribution in [-0.2, 0) is 6.61 Å². The predicted molar refractivity (Wildman–Crippen MR) is 103 cm³/mol. The number of rotatable bonds is 7. The van der Waals surface area contributed by atoms with Crippen LogP contribution in [-0.4, -0.2) is 24.0 Å². The summed E-state index contributed by atoms with van der Waals surface area (Å²) in [6.07, 6.45) is 0. The smallest absolute Gasteiger partial charge is 0.251 e. The lowest BCUT2D eigenvalue weighted by Gasteiger charge is -2.11. The van der Waals surface area contributed by atoms with E-state index in [0.717, 1.165) is 10.7 Å². The minimum absolute atomic E-state index is 0. The summed E-state index contributed by atoms with van der Waals surface area (Å²) in [5.41, 5.74) is 7.02. The maximum absolute atomic E-state index is 12.1. The molecule has 24 heavy (non-hydrogen) atoms. The van der Waals surface area contributed by atoms with Gasteiger partial charge >= 0.3 is 0 Å². The zero-order chi connectivity index (χ0) is 15.9. The van der Waals surface area contributed by atoms with Gasteiger partial charge in [0.1, 0.15) is 12.4 Å². The van der Waals surface area contributed by atoms with Crippen LogP contribution in [0.5, 0.6) is 5.75 Å². The number of thiazole rings is 1. The highest BCUT2D eigenvalue weighted by Crippen LogP contribution is 2.16. The fourth-order valence-corrected chi connectivity index (χ4v) is 2.41. The van der Waals surface area contributed by atoms with E-state index in [2.05, 4.69) is 10.3 Å². The predicted octanol–water partition coefficient (Wildman–Crippen LogP) is 3.20. The first-order chi connectivity index (χ1) is 10.6. The van der Waals surface area contributed by atoms with Crippen LogP contribution >= 0.6 is 36.2 Å². The third-order valence-corrected chi connectivity index (χ3v) is 3.99. The average molecular weight is 392 g/mol. The van der Waals surface area contributed by atoms with Crippen molar-refractivity contribution in [2.24, 2.45) is 11.7 Å². The molecule has 0 aliphatic carbocycles. The molecule has 0 spiro atoms. The molecule has 134 valence electrons. The van der Waals surface area contributed by atoms with Crippen LogP contribution in [0.4, 0.5) is 0 Å². The molecule has 1 aromatic heterocycles. The molecule has 0 saturated carbocycles. The van der Waals surface area contributed by atoms with E-state index in [-0.39, 0.29) is 36.6 Å². The molecule has 2 rings (SSSR count). The molecule has 0 fully saturated rings. The first-order valence-electron chi connectivity index (χ1n) is 7.20. The van der Waals surface area contributed by atoms with Crippen LogP contribution in [0, 0.1) is 12.8 Å². The minimum atomic E-state index is -0.116. The lowest BCUT2D eigenvalue weighted by Crippen LogP contribution is -2.31. The lowest BCUT2D eigenvalue weighted by atomic mass is 10.1. The zero-order valence-electron chi connectivity index (χ0n) is 13.7. The first-order valence-corrected chi connectivity index (χ1v) is 8.08. The number of benzene rings is 1. The maximum atomic E-state index is 12.1. The van der Waals surface area contributed by atoms with E-state index in [1.165, 1.54) is 0 Å². The maximum Gasteiger partial charge on any atom is 0.251 e. The van der Waals surface area contributed by atoms with Crippen molar-refractivity contribution in [2.75, 3.05) is 13.1 Å². The number of aromatic nitrogens is 1. The second-order valence-corrected chi connectivity index (χ2v) is 6.29. The zero-order valence-corrected chi connectivity index (χ0v) is 16.1. The van der Waals surface area contributed by atoms with Crippen molar-refractivity contribution in [1.29, 1.82) is 0 Å². The van der Waals surface area contributed by atoms with Crippen molar-refractivity contribution < 1.29 is 9.53 Å². The van der Waals surface area contributed by atoms with E-state index in [4.69, 9.17) is 10.5 Å². The topological polar surface area (TPSA) is 77.2 Å². The lowest BCUT2D eigenvalue weighted by molar-refractivity contribution is 0.0948. The highest BCUT2D eigenvalue weighted by molar-refractivity contribution is 7.09. The summed E-state index contributed by atoms with van der Waals surface area (Å²) >= 11 is 1.59. The van der Waals surface area contributed by atoms with Crippen LogP contribution in [0.25, 0.3) is 0 Å². The van der Waals surface area contributed by atoms with Crippen LogP contribution < -0.4 is 15.8 Å². The van der Waals surface area contributed by atoms with Gasteiger partial charge in [0.05, 0.1) is 10.7 Å². The summed E-state index contributed by atoms with van der Waals surface area (Å²) in [5.74, 6) is 0.803. The van der Waals surface area contributed by atoms with Crippen LogP contribution in [0.1, 0.15) is 28.0 Å². The quantitative estimate of drug-likeness (QED) is 0.759. The number of nitrogens with two attached hydrogens (primary N) is 1. The molecule has 0 aliphatic heterocycles. The van der Waals surface area contributed by atoms with Gasteiger partial charge in [-0.3, -0.25) is 4.79 Å². The summed E-state index contributed by atoms with van der Waals surface area (Å²) in [4.78, 5) is 16.4. The Balaban J connectivity index is 0.00000264. The van der Waals surface area contributed by atoms with Gasteiger partial charge in [-0.2, -0.15) is 0 Å². The van der Waals surface area contributed by atoms with Gasteiger partial charge in [0.25, 0.3) is 5.91 Å². The average Bonchev–Trinajstić information content (AvgIpc) is 2.96. The molecular weight excluding hydrogens is 369 g/mol. The Morgan fingerprint density at radius 2 is 2.17 bits per heavy atom. The SMILES string of the molecule is Cc1nc(COc2cccc(C(=O)NCC(C)CN)c2)cs1.Cl.Cl. The monoisotopic (exact) mass is 391 g/mol. The Bertz CT molecular complexity index is 637. The number of carbonyl (C=O) groups excluding carboxylic acids is 1. The Labute approximate surface area is 158 Å². The second kappa shape index (κ2) is 11.3. The Hall–Kier alpha value is -1.34. The number of hydrogen-bond acceptors (Lipinski definition) is 5. The van der Waals surface area contributed by atoms with Gasteiger partial charge in [0, 0.05) is 17.5 Å². The van der Waals surface area contributed by atoms with Crippen LogP contribution in [0.3, 0.4) is 0 Å². The highest BCUT2D eigenvalue weighted by Gasteiger charge is 2.08. The van der Waals surface area contributed by atoms with Gasteiger partial charge in [-0.25, -0.2) is 4.98 Å². The molecule has 1 unspecified atom stereocenters. The molecular formula is C16H23Cl2N3O2S. The number of nitrogens with one attached hydrogen (secondary N) is 1. The van der Waals surface area contributed by atoms with Crippen molar-refractivity contribution in [3.8, 4) is 5.75 Å². The summed E-state index contributed by atoms with van der Waals surface area (Å²) < 4.78 is 5.69. The molecule has 8 heteroatoms. The molecule has 5 nitrogen and oxygen atoms in total. The number of carbonyl (C=O) groups is 1. The van der Waals surface area contributed by atoms with Crippen molar-refractivity contribution in [2.45, 2.75) is 20.5 Å². The van der Waals surface area contributed by atoms with E-state index in [9.17, 15) is 4.79 Å². The molecule has 0 aliphatic rings. The van der Waals surface area contributed by atoms with Crippen LogP contribution in [0.2, 0.25) is 0 Å². The molecule has 1 atom stereocenters. The largest absolute Gasteiger partial charge is 0.487 e. The van der Waals surface area contributed by atoms with Gasteiger partial charge in [0.2, 0.25) is 0 Å². The summed E-state index contributed by atoms with van der Waals surface area (Å²) in [6.45, 7) is 5.48. The Kier molecular flexibility index (Phi) is 10.6. The molecule has 1 aromatic carbocycles. The fraction of sp³-hybridized carbons (Fsp3) is 0.375. The van der Waals surface area contributed by atoms with Crippen molar-refractivity contribution in [3.63, 3.8) is 0 Å². The third kappa shape index (κ3) is 7.05. The van der Waals surface area contributed by atoms with Gasteiger partial charge in [0.15, 0.2) is 0 Å². The summed E-state index contributed by atoms with van der Waals surface area (Å²) in [6, 6.07) is 7.14. The van der Waals surface area contributed by atoms with Crippen molar-refractivity contribution in [1.82, 2.24) is 10.3 Å². The second-order valence-electron chi connectivity index (χ2n) is 5.23. The van der Waals surface area contributed by atoms with Crippen molar-refractivity contribution in [3.05, 3.63) is 45.9 Å². The molecule has 0 saturated heterocycles. The van der Waals surface area contributed by atoms with Crippen molar-refractivity contribution >= 4 is 42.1 Å². The fourth-order valence-electron chi connectivity index (χ4n) is 1.81. The first kappa shape index (κ1) is 22.7. The highest BCUT2D eigenvalue weighted by atomic mass is 35.5. The number of halogens is 2. The van der Waals surface area contributed by atoms with Gasteiger partial charge < -0.3 is 15.8 Å². The standard InChI is InChI=1S/C16H21N3O2S.2ClH/c1-11(7-17)8-18-16(20)13-4-3-5-15(6-13)21-9-14-10-22-12(2)19-14;;/h3-6,10-11H,7-9,17H2,1-2H3,(H,18,20);2*1H. The normalized spacial score (nSPS) is 11.0. The van der Waals surface area contributed by atoms with E-state index in [1.807, 2.05) is 31.4 Å². The van der Waals surface area contributed by atoms with E-state index >= 15 is 0 Å². The Morgan fingerprint density at radius 1 is 1.42 bits per heavy atom. The Morgan fingerprint density at radius 3 is 2.79 bits per heavy atom. The summed E-state index contributed by atoms with van der Waals surface area (Å²) in [7, 11) is 0. The molecule has 2 aromatic rings. The van der Waals surface area contributed by atoms with E-state index in [1.54, 1.807) is 23.5 Å². The van der Waals surface area contributed by atoms with E-state index in [0.29, 0.717) is 31.0 Å². The van der Waals surface area contributed by atoms with Crippen LogP contribution in [0.15, 0.2) is 29.6 Å². The number of amides is 1. The molecule has 0 bridgehead atoms. The number of nitrogens with zero attached hydrogens (tertiary/aromatic N) is 1. The molecule has 0 radical (unpaired) electrons.